The second-order valence-corrected chi connectivity index (χ2v) is 6.15. The predicted molar refractivity (Wildman–Crippen MR) is 64.6 cm³/mol. The number of fused-ring (bicyclic) bond motifs is 5. The Morgan fingerprint density at radius 1 is 1.18 bits per heavy atom. The molecular weight excluding hydrogens is 213 g/mol. The SMILES string of the molecule is NC(c1cccc(F)c1)C1C2C3CCC(C3)C21. The fraction of sp³-hybridized carbons (Fsp3) is 0.600. The van der Waals surface area contributed by atoms with E-state index in [0.29, 0.717) is 5.92 Å². The highest BCUT2D eigenvalue weighted by molar-refractivity contribution is 5.26. The molecule has 1 aromatic carbocycles. The minimum Gasteiger partial charge on any atom is -0.324 e. The van der Waals surface area contributed by atoms with E-state index in [1.807, 2.05) is 6.07 Å². The first-order valence-corrected chi connectivity index (χ1v) is 6.77. The van der Waals surface area contributed by atoms with Crippen LogP contribution >= 0.6 is 0 Å². The van der Waals surface area contributed by atoms with E-state index >= 15 is 0 Å². The summed E-state index contributed by atoms with van der Waals surface area (Å²) in [7, 11) is 0. The molecule has 1 aromatic rings. The summed E-state index contributed by atoms with van der Waals surface area (Å²) in [6.07, 6.45) is 4.28. The van der Waals surface area contributed by atoms with Crippen LogP contribution in [0.5, 0.6) is 0 Å². The number of hydrogen-bond donors (Lipinski definition) is 1. The van der Waals surface area contributed by atoms with Crippen LogP contribution in [0.25, 0.3) is 0 Å². The van der Waals surface area contributed by atoms with Crippen LogP contribution in [0.2, 0.25) is 0 Å². The number of nitrogens with two attached hydrogens (primary N) is 1. The first-order valence-electron chi connectivity index (χ1n) is 6.77. The molecule has 2 N–H and O–H groups in total. The molecule has 4 rings (SSSR count). The van der Waals surface area contributed by atoms with Crippen molar-refractivity contribution in [1.82, 2.24) is 0 Å². The van der Waals surface area contributed by atoms with Crippen LogP contribution < -0.4 is 5.73 Å². The van der Waals surface area contributed by atoms with Crippen LogP contribution in [0.15, 0.2) is 24.3 Å². The Kier molecular flexibility index (Phi) is 1.97. The fourth-order valence-electron chi connectivity index (χ4n) is 4.81. The summed E-state index contributed by atoms with van der Waals surface area (Å²) in [4.78, 5) is 0. The van der Waals surface area contributed by atoms with E-state index in [1.165, 1.54) is 25.3 Å². The van der Waals surface area contributed by atoms with E-state index in [2.05, 4.69) is 0 Å². The molecule has 5 atom stereocenters. The molecule has 17 heavy (non-hydrogen) atoms. The van der Waals surface area contributed by atoms with Gasteiger partial charge < -0.3 is 5.73 Å². The van der Waals surface area contributed by atoms with Crippen molar-refractivity contribution >= 4 is 0 Å². The summed E-state index contributed by atoms with van der Waals surface area (Å²) in [5.74, 6) is 4.10. The van der Waals surface area contributed by atoms with Crippen LogP contribution in [-0.4, -0.2) is 0 Å². The Hall–Kier alpha value is -0.890. The first kappa shape index (κ1) is 10.1. The van der Waals surface area contributed by atoms with Crippen LogP contribution in [0, 0.1) is 35.4 Å². The van der Waals surface area contributed by atoms with Gasteiger partial charge in [0.1, 0.15) is 5.82 Å². The number of halogens is 1. The maximum absolute atomic E-state index is 13.2. The largest absolute Gasteiger partial charge is 0.324 e. The minimum absolute atomic E-state index is 0.0594. The van der Waals surface area contributed by atoms with Gasteiger partial charge in [-0.1, -0.05) is 12.1 Å². The molecule has 3 fully saturated rings. The van der Waals surface area contributed by atoms with Gasteiger partial charge in [0.15, 0.2) is 0 Å². The maximum atomic E-state index is 13.2. The van der Waals surface area contributed by atoms with Gasteiger partial charge in [0.25, 0.3) is 0 Å². The molecule has 3 aliphatic carbocycles. The Morgan fingerprint density at radius 3 is 2.53 bits per heavy atom. The zero-order valence-electron chi connectivity index (χ0n) is 9.85. The third-order valence-electron chi connectivity index (χ3n) is 5.44. The maximum Gasteiger partial charge on any atom is 0.123 e. The van der Waals surface area contributed by atoms with Gasteiger partial charge in [-0.2, -0.15) is 0 Å². The fourth-order valence-corrected chi connectivity index (χ4v) is 4.81. The topological polar surface area (TPSA) is 26.0 Å². The van der Waals surface area contributed by atoms with Gasteiger partial charge >= 0.3 is 0 Å². The summed E-state index contributed by atoms with van der Waals surface area (Å²) in [5.41, 5.74) is 7.33. The highest BCUT2D eigenvalue weighted by Crippen LogP contribution is 2.71. The molecule has 90 valence electrons. The molecule has 0 aliphatic heterocycles. The van der Waals surface area contributed by atoms with E-state index < -0.39 is 0 Å². The standard InChI is InChI=1S/C15H18FN/c16-11-3-1-2-10(7-11)15(17)14-12-8-4-5-9(6-8)13(12)14/h1-3,7-9,12-15H,4-6,17H2. The third kappa shape index (κ3) is 1.33. The number of rotatable bonds is 2. The molecule has 2 heteroatoms. The van der Waals surface area contributed by atoms with E-state index in [9.17, 15) is 4.39 Å². The van der Waals surface area contributed by atoms with E-state index in [-0.39, 0.29) is 11.9 Å². The van der Waals surface area contributed by atoms with Gasteiger partial charge in [-0.15, -0.1) is 0 Å². The van der Waals surface area contributed by atoms with Gasteiger partial charge in [0, 0.05) is 6.04 Å². The third-order valence-corrected chi connectivity index (χ3v) is 5.44. The molecular formula is C15H18FN. The number of benzene rings is 1. The predicted octanol–water partition coefficient (Wildman–Crippen LogP) is 3.12. The zero-order chi connectivity index (χ0) is 11.6. The average molecular weight is 231 g/mol. The molecule has 0 radical (unpaired) electrons. The van der Waals surface area contributed by atoms with Gasteiger partial charge in [0.2, 0.25) is 0 Å². The van der Waals surface area contributed by atoms with E-state index in [1.54, 1.807) is 12.1 Å². The van der Waals surface area contributed by atoms with Crippen molar-refractivity contribution in [1.29, 1.82) is 0 Å². The smallest absolute Gasteiger partial charge is 0.123 e. The van der Waals surface area contributed by atoms with Crippen molar-refractivity contribution in [2.45, 2.75) is 25.3 Å². The minimum atomic E-state index is -0.160. The molecule has 3 saturated carbocycles. The first-order chi connectivity index (χ1) is 8.25. The lowest BCUT2D eigenvalue weighted by molar-refractivity contribution is 0.417. The summed E-state index contributed by atoms with van der Waals surface area (Å²) in [5, 5.41) is 0. The van der Waals surface area contributed by atoms with Gasteiger partial charge in [-0.25, -0.2) is 4.39 Å². The molecule has 0 saturated heterocycles. The zero-order valence-corrected chi connectivity index (χ0v) is 9.85. The summed E-state index contributed by atoms with van der Waals surface area (Å²) < 4.78 is 13.2. The van der Waals surface area contributed by atoms with Crippen LogP contribution in [0.1, 0.15) is 30.9 Å². The number of hydrogen-bond acceptors (Lipinski definition) is 1. The van der Waals surface area contributed by atoms with E-state index in [0.717, 1.165) is 29.2 Å². The average Bonchev–Trinajstić information content (AvgIpc) is 2.76. The summed E-state index contributed by atoms with van der Waals surface area (Å²) >= 11 is 0. The van der Waals surface area contributed by atoms with Gasteiger partial charge in [0.05, 0.1) is 0 Å². The van der Waals surface area contributed by atoms with Crippen molar-refractivity contribution in [3.05, 3.63) is 35.6 Å². The Morgan fingerprint density at radius 2 is 1.88 bits per heavy atom. The van der Waals surface area contributed by atoms with Crippen molar-refractivity contribution in [2.24, 2.45) is 35.3 Å². The summed E-state index contributed by atoms with van der Waals surface area (Å²) in [6, 6.07) is 6.92. The van der Waals surface area contributed by atoms with Gasteiger partial charge in [-0.05, 0) is 66.5 Å². The van der Waals surface area contributed by atoms with Crippen molar-refractivity contribution < 1.29 is 4.39 Å². The van der Waals surface area contributed by atoms with Crippen LogP contribution in [0.4, 0.5) is 4.39 Å². The van der Waals surface area contributed by atoms with Crippen molar-refractivity contribution in [3.63, 3.8) is 0 Å². The van der Waals surface area contributed by atoms with Crippen molar-refractivity contribution in [2.75, 3.05) is 0 Å². The highest BCUT2D eigenvalue weighted by atomic mass is 19.1. The van der Waals surface area contributed by atoms with Gasteiger partial charge in [-0.3, -0.25) is 0 Å². The molecule has 1 nitrogen and oxygen atoms in total. The molecule has 0 amide bonds. The highest BCUT2D eigenvalue weighted by Gasteiger charge is 2.66. The molecule has 2 bridgehead atoms. The van der Waals surface area contributed by atoms with Crippen LogP contribution in [-0.2, 0) is 0 Å². The normalized spacial score (nSPS) is 43.5. The van der Waals surface area contributed by atoms with Crippen molar-refractivity contribution in [3.8, 4) is 0 Å². The van der Waals surface area contributed by atoms with E-state index in [4.69, 9.17) is 5.73 Å². The second kappa shape index (κ2) is 3.32. The van der Waals surface area contributed by atoms with Crippen LogP contribution in [0.3, 0.4) is 0 Å². The lowest BCUT2D eigenvalue weighted by Crippen LogP contribution is -2.17. The quantitative estimate of drug-likeness (QED) is 0.831. The Bertz CT molecular complexity index is 442. The molecule has 5 unspecified atom stereocenters. The Labute approximate surface area is 101 Å². The lowest BCUT2D eigenvalue weighted by Gasteiger charge is -2.16. The molecule has 0 aromatic heterocycles. The molecule has 0 heterocycles. The molecule has 3 aliphatic rings. The second-order valence-electron chi connectivity index (χ2n) is 6.15. The lowest BCUT2D eigenvalue weighted by atomic mass is 9.93. The molecule has 0 spiro atoms. The Balaban J connectivity index is 1.58. The summed E-state index contributed by atoms with van der Waals surface area (Å²) in [6.45, 7) is 0. The monoisotopic (exact) mass is 231 g/mol.